The molecule has 3 aromatic carbocycles. The third-order valence-electron chi connectivity index (χ3n) is 12.8. The van der Waals surface area contributed by atoms with Gasteiger partial charge in [-0.2, -0.15) is 23.1 Å². The van der Waals surface area contributed by atoms with Gasteiger partial charge in [-0.05, 0) is 106 Å². The van der Waals surface area contributed by atoms with Gasteiger partial charge in [-0.15, -0.1) is 0 Å². The van der Waals surface area contributed by atoms with Crippen LogP contribution in [0.1, 0.15) is 75.6 Å². The second-order valence-corrected chi connectivity index (χ2v) is 19.2. The minimum absolute atomic E-state index is 0.0544. The largest absolute Gasteiger partial charge is 0.497 e. The maximum absolute atomic E-state index is 17.8. The molecule has 2 aromatic heterocycles. The fourth-order valence-corrected chi connectivity index (χ4v) is 9.81. The number of hydrogen-bond donors (Lipinski definition) is 0. The van der Waals surface area contributed by atoms with Crippen molar-refractivity contribution in [2.75, 3.05) is 56.8 Å². The van der Waals surface area contributed by atoms with E-state index in [1.54, 1.807) is 69.1 Å². The summed E-state index contributed by atoms with van der Waals surface area (Å²) < 4.78 is 86.6. The van der Waals surface area contributed by atoms with E-state index < -0.39 is 40.5 Å². The van der Waals surface area contributed by atoms with Crippen LogP contribution in [-0.2, 0) is 28.8 Å². The highest BCUT2D eigenvalue weighted by molar-refractivity contribution is 6.34. The molecule has 68 heavy (non-hydrogen) atoms. The Morgan fingerprint density at radius 1 is 0.853 bits per heavy atom. The van der Waals surface area contributed by atoms with Gasteiger partial charge in [0.15, 0.2) is 5.82 Å². The van der Waals surface area contributed by atoms with Gasteiger partial charge >= 0.3 is 18.3 Å². The van der Waals surface area contributed by atoms with Gasteiger partial charge in [-0.3, -0.25) is 9.69 Å². The van der Waals surface area contributed by atoms with Crippen molar-refractivity contribution in [2.24, 2.45) is 5.92 Å². The van der Waals surface area contributed by atoms with Crippen molar-refractivity contribution >= 4 is 46.1 Å². The second kappa shape index (κ2) is 19.5. The van der Waals surface area contributed by atoms with Crippen LogP contribution in [0.4, 0.5) is 34.0 Å². The summed E-state index contributed by atoms with van der Waals surface area (Å²) in [6, 6.07) is 16.6. The maximum atomic E-state index is 17.8. The molecule has 0 radical (unpaired) electrons. The smallest absolute Gasteiger partial charge is 0.418 e. The number of carbonyl (C=O) groups excluding carboxylic acids is 2. The van der Waals surface area contributed by atoms with Gasteiger partial charge < -0.3 is 33.6 Å². The molecular weight excluding hydrogens is 906 g/mol. The summed E-state index contributed by atoms with van der Waals surface area (Å²) in [6.45, 7) is 10.5. The fourth-order valence-electron chi connectivity index (χ4n) is 9.53. The third kappa shape index (κ3) is 10.5. The lowest BCUT2D eigenvalue weighted by Crippen LogP contribution is -2.57. The first-order chi connectivity index (χ1) is 32.3. The molecule has 5 aromatic rings. The van der Waals surface area contributed by atoms with Crippen LogP contribution in [0.25, 0.3) is 22.2 Å². The number of anilines is 2. The summed E-state index contributed by atoms with van der Waals surface area (Å²) in [7, 11) is 3.11. The van der Waals surface area contributed by atoms with Gasteiger partial charge in [0.25, 0.3) is 0 Å². The van der Waals surface area contributed by atoms with E-state index in [2.05, 4.69) is 9.97 Å². The van der Waals surface area contributed by atoms with E-state index in [1.807, 2.05) is 34.1 Å². The number of fused-ring (bicyclic) bond motifs is 3. The van der Waals surface area contributed by atoms with Crippen LogP contribution in [0.3, 0.4) is 0 Å². The Morgan fingerprint density at radius 2 is 1.46 bits per heavy atom. The molecule has 2 bridgehead atoms. The Labute approximate surface area is 398 Å². The zero-order valence-corrected chi connectivity index (χ0v) is 40.0. The zero-order valence-electron chi connectivity index (χ0n) is 39.3. The number of amides is 2. The number of halogens is 5. The molecular formula is C50H56ClF4N7O6. The van der Waals surface area contributed by atoms with Crippen molar-refractivity contribution in [2.45, 2.75) is 97.3 Å². The molecule has 3 fully saturated rings. The lowest BCUT2D eigenvalue weighted by atomic mass is 9.98. The minimum Gasteiger partial charge on any atom is -0.497 e. The summed E-state index contributed by atoms with van der Waals surface area (Å²) >= 11 is 7.02. The van der Waals surface area contributed by atoms with E-state index in [4.69, 9.17) is 35.5 Å². The normalized spacial score (nSPS) is 18.5. The molecule has 13 nitrogen and oxygen atoms in total. The van der Waals surface area contributed by atoms with E-state index in [0.29, 0.717) is 50.5 Å². The van der Waals surface area contributed by atoms with Crippen molar-refractivity contribution in [3.05, 3.63) is 93.8 Å². The Balaban J connectivity index is 1.25. The number of aromatic nitrogens is 3. The highest BCUT2D eigenvalue weighted by Crippen LogP contribution is 2.46. The molecule has 3 aliphatic rings. The van der Waals surface area contributed by atoms with Gasteiger partial charge in [0, 0.05) is 57.5 Å². The molecule has 0 spiro atoms. The first-order valence-corrected chi connectivity index (χ1v) is 23.1. The van der Waals surface area contributed by atoms with Crippen molar-refractivity contribution in [1.82, 2.24) is 24.8 Å². The van der Waals surface area contributed by atoms with Crippen LogP contribution >= 0.6 is 11.6 Å². The average molecular weight is 962 g/mol. The molecule has 5 heterocycles. The van der Waals surface area contributed by atoms with Crippen LogP contribution in [0.15, 0.2) is 60.7 Å². The quantitative estimate of drug-likeness (QED) is 0.111. The van der Waals surface area contributed by atoms with Gasteiger partial charge in [0.1, 0.15) is 34.3 Å². The molecule has 0 saturated carbocycles. The number of likely N-dealkylation sites (tertiary alicyclic amines) is 1. The van der Waals surface area contributed by atoms with E-state index in [9.17, 15) is 9.59 Å². The second-order valence-electron chi connectivity index (χ2n) is 18.8. The summed E-state index contributed by atoms with van der Waals surface area (Å²) in [5, 5.41) is -0.182. The third-order valence-corrected chi connectivity index (χ3v) is 13.1. The van der Waals surface area contributed by atoms with E-state index in [-0.39, 0.29) is 82.7 Å². The number of benzene rings is 3. The summed E-state index contributed by atoms with van der Waals surface area (Å²) in [5.74, 6) is 0.401. The fraction of sp³-hybridized carbons (Fsp3) is 0.460. The Morgan fingerprint density at radius 3 is 2.00 bits per heavy atom. The van der Waals surface area contributed by atoms with Crippen molar-refractivity contribution < 1.29 is 46.1 Å². The maximum Gasteiger partial charge on any atom is 0.418 e. The number of pyridine rings is 1. The summed E-state index contributed by atoms with van der Waals surface area (Å²) in [5.41, 5.74) is -2.03. The van der Waals surface area contributed by atoms with Crippen LogP contribution in [0, 0.1) is 18.7 Å². The molecule has 18 heteroatoms. The molecule has 0 N–H and O–H groups in total. The number of rotatable bonds is 12. The standard InChI is InChI=1S/C50H56ClF4N7O6/c1-29-21-40(60(23-31-10-16-36(65-6)17-11-31)24-32-12-18-37(66-7)19-13-32)56-45(42(29)50(53,54)55)41-39(51)22-38-44(43(41)52)57-47(67-28-33-9-8-20-59(25-33)30(2)63)58-46(38)61-26-34-14-15-35(27-61)62(34)48(64)68-49(3,4)5/h10-13,16-19,21-22,33-35H,8-9,14-15,20,23-28H2,1-7H3. The number of hydrogen-bond acceptors (Lipinski definition) is 11. The van der Waals surface area contributed by atoms with E-state index >= 15 is 17.6 Å². The van der Waals surface area contributed by atoms with Gasteiger partial charge in [0.05, 0.1) is 54.8 Å². The van der Waals surface area contributed by atoms with E-state index in [0.717, 1.165) is 24.0 Å². The number of carbonyl (C=O) groups is 2. The average Bonchev–Trinajstić information content (AvgIpc) is 3.56. The van der Waals surface area contributed by atoms with E-state index in [1.165, 1.54) is 26.0 Å². The molecule has 0 aliphatic carbocycles. The minimum atomic E-state index is -4.97. The number of methoxy groups -OCH3 is 2. The molecule has 8 rings (SSSR count). The first-order valence-electron chi connectivity index (χ1n) is 22.7. The van der Waals surface area contributed by atoms with Crippen LogP contribution in [0.2, 0.25) is 5.02 Å². The molecule has 362 valence electrons. The lowest BCUT2D eigenvalue weighted by Gasteiger charge is -2.42. The van der Waals surface area contributed by atoms with Gasteiger partial charge in [-0.25, -0.2) is 14.2 Å². The number of piperazine rings is 1. The van der Waals surface area contributed by atoms with Crippen LogP contribution in [-0.4, -0.2) is 101 Å². The predicted molar refractivity (Wildman–Crippen MR) is 251 cm³/mol. The summed E-state index contributed by atoms with van der Waals surface area (Å²) in [4.78, 5) is 46.9. The highest BCUT2D eigenvalue weighted by Gasteiger charge is 2.45. The monoisotopic (exact) mass is 961 g/mol. The Hall–Kier alpha value is -6.10. The topological polar surface area (TPSA) is 123 Å². The molecule has 3 atom stereocenters. The molecule has 3 saturated heterocycles. The molecule has 3 unspecified atom stereocenters. The number of alkyl halides is 3. The Bertz CT molecular complexity index is 2600. The molecule has 3 aliphatic heterocycles. The van der Waals surface area contributed by atoms with Gasteiger partial charge in [0.2, 0.25) is 5.91 Å². The van der Waals surface area contributed by atoms with Crippen molar-refractivity contribution in [3.8, 4) is 28.8 Å². The first kappa shape index (κ1) is 48.4. The highest BCUT2D eigenvalue weighted by atomic mass is 35.5. The SMILES string of the molecule is COc1ccc(CN(Cc2ccc(OC)cc2)c2cc(C)c(C(F)(F)F)c(-c3c(Cl)cc4c(N5CC6CCC(C5)N6C(=O)OC(C)(C)C)nc(OCC5CCCN(C(C)=O)C5)nc4c3F)n2)cc1. The number of piperidine rings is 1. The van der Waals surface area contributed by atoms with Crippen LogP contribution < -0.4 is 24.0 Å². The van der Waals surface area contributed by atoms with Crippen molar-refractivity contribution in [1.29, 1.82) is 0 Å². The lowest BCUT2D eigenvalue weighted by molar-refractivity contribution is -0.137. The summed E-state index contributed by atoms with van der Waals surface area (Å²) in [6.07, 6.45) is -2.48. The van der Waals surface area contributed by atoms with Crippen LogP contribution in [0.5, 0.6) is 17.5 Å². The number of aryl methyl sites for hydroxylation is 1. The molecule has 2 amide bonds. The van der Waals surface area contributed by atoms with Crippen molar-refractivity contribution in [3.63, 3.8) is 0 Å². The predicted octanol–water partition coefficient (Wildman–Crippen LogP) is 10.3. The Kier molecular flexibility index (Phi) is 13.9. The number of ether oxygens (including phenoxy) is 4. The zero-order chi connectivity index (χ0) is 48.7. The van der Waals surface area contributed by atoms with Gasteiger partial charge in [-0.1, -0.05) is 35.9 Å². The number of nitrogens with zero attached hydrogens (tertiary/aromatic N) is 7.